The summed E-state index contributed by atoms with van der Waals surface area (Å²) in [6, 6.07) is 6.61. The first-order chi connectivity index (χ1) is 11.8. The average molecular weight is 352 g/mol. The van der Waals surface area contributed by atoms with Crippen LogP contribution in [0.25, 0.3) is 0 Å². The number of likely N-dealkylation sites (tertiary alicyclic amines) is 1. The fourth-order valence-corrected chi connectivity index (χ4v) is 3.09. The molecule has 1 fully saturated rings. The number of carbonyl (C=O) groups is 1. The van der Waals surface area contributed by atoms with Crippen LogP contribution in [0.2, 0.25) is 0 Å². The zero-order valence-electron chi connectivity index (χ0n) is 13.0. The molecule has 2 heterocycles. The van der Waals surface area contributed by atoms with Gasteiger partial charge in [0.2, 0.25) is 5.56 Å². The van der Waals surface area contributed by atoms with E-state index in [2.05, 4.69) is 4.98 Å². The van der Waals surface area contributed by atoms with Crippen LogP contribution in [-0.4, -0.2) is 33.5 Å². The average Bonchev–Trinajstić information content (AvgIpc) is 2.96. The number of nitrogens with zero attached hydrogens (tertiary/aromatic N) is 1. The third-order valence-electron chi connectivity index (χ3n) is 4.20. The van der Waals surface area contributed by atoms with E-state index in [1.165, 1.54) is 41.4 Å². The summed E-state index contributed by atoms with van der Waals surface area (Å²) in [4.78, 5) is 27.3. The van der Waals surface area contributed by atoms with Crippen LogP contribution in [0.5, 0.6) is 0 Å². The van der Waals surface area contributed by atoms with Crippen LogP contribution in [0.3, 0.4) is 0 Å². The van der Waals surface area contributed by atoms with Crippen LogP contribution in [0.15, 0.2) is 47.4 Å². The minimum absolute atomic E-state index is 0.0161. The molecular weight excluding hydrogens is 337 g/mol. The van der Waals surface area contributed by atoms with Gasteiger partial charge < -0.3 is 15.0 Å². The Kier molecular flexibility index (Phi) is 4.38. The van der Waals surface area contributed by atoms with E-state index < -0.39 is 35.4 Å². The second kappa shape index (κ2) is 6.36. The highest BCUT2D eigenvalue weighted by Crippen LogP contribution is 2.40. The molecule has 0 saturated carbocycles. The fraction of sp³-hybridized carbons (Fsp3) is 0.294. The molecule has 0 unspecified atom stereocenters. The molecule has 0 bridgehead atoms. The van der Waals surface area contributed by atoms with Crippen LogP contribution >= 0.6 is 0 Å². The number of aromatic nitrogens is 1. The summed E-state index contributed by atoms with van der Waals surface area (Å²) < 4.78 is 39.9. The van der Waals surface area contributed by atoms with E-state index in [0.717, 1.165) is 6.07 Å². The van der Waals surface area contributed by atoms with Crippen molar-refractivity contribution in [2.45, 2.75) is 24.7 Å². The molecule has 1 saturated heterocycles. The SMILES string of the molecule is O=C(c1ccc(=O)[nH]c1)N1C[C@H](O)C[C@H]1c1ccccc1C(F)(F)F. The Hall–Kier alpha value is -2.61. The molecule has 2 atom stereocenters. The maximum Gasteiger partial charge on any atom is 0.416 e. The Morgan fingerprint density at radius 3 is 2.56 bits per heavy atom. The summed E-state index contributed by atoms with van der Waals surface area (Å²) in [7, 11) is 0. The van der Waals surface area contributed by atoms with Gasteiger partial charge in [-0.3, -0.25) is 9.59 Å². The van der Waals surface area contributed by atoms with Gasteiger partial charge in [-0.05, 0) is 24.1 Å². The summed E-state index contributed by atoms with van der Waals surface area (Å²) in [5, 5.41) is 9.93. The number of H-pyrrole nitrogens is 1. The maximum absolute atomic E-state index is 13.3. The van der Waals surface area contributed by atoms with Gasteiger partial charge in [0, 0.05) is 18.8 Å². The van der Waals surface area contributed by atoms with Crippen molar-refractivity contribution in [2.24, 2.45) is 0 Å². The number of hydrogen-bond acceptors (Lipinski definition) is 3. The second-order valence-corrected chi connectivity index (χ2v) is 5.89. The summed E-state index contributed by atoms with van der Waals surface area (Å²) in [5.41, 5.74) is -1.13. The van der Waals surface area contributed by atoms with Gasteiger partial charge in [-0.1, -0.05) is 18.2 Å². The number of aliphatic hydroxyl groups excluding tert-OH is 1. The fourth-order valence-electron chi connectivity index (χ4n) is 3.09. The Bertz CT molecular complexity index is 827. The molecule has 25 heavy (non-hydrogen) atoms. The first kappa shape index (κ1) is 17.2. The number of benzene rings is 1. The lowest BCUT2D eigenvalue weighted by molar-refractivity contribution is -0.138. The van der Waals surface area contributed by atoms with Crippen LogP contribution in [0, 0.1) is 0 Å². The lowest BCUT2D eigenvalue weighted by Gasteiger charge is -2.27. The molecule has 132 valence electrons. The van der Waals surface area contributed by atoms with Crippen LogP contribution in [0.4, 0.5) is 13.2 Å². The van der Waals surface area contributed by atoms with Crippen LogP contribution in [0.1, 0.15) is 33.9 Å². The van der Waals surface area contributed by atoms with Crippen LogP contribution in [-0.2, 0) is 6.18 Å². The topological polar surface area (TPSA) is 73.4 Å². The van der Waals surface area contributed by atoms with Crippen molar-refractivity contribution in [1.29, 1.82) is 0 Å². The molecule has 2 aromatic rings. The second-order valence-electron chi connectivity index (χ2n) is 5.89. The zero-order valence-corrected chi connectivity index (χ0v) is 13.0. The van der Waals surface area contributed by atoms with Gasteiger partial charge >= 0.3 is 6.18 Å². The molecule has 1 aromatic heterocycles. The maximum atomic E-state index is 13.3. The molecule has 0 radical (unpaired) electrons. The van der Waals surface area contributed by atoms with E-state index in [0.29, 0.717) is 0 Å². The van der Waals surface area contributed by atoms with Gasteiger partial charge in [-0.15, -0.1) is 0 Å². The van der Waals surface area contributed by atoms with Crippen molar-refractivity contribution in [1.82, 2.24) is 9.88 Å². The molecule has 0 aliphatic carbocycles. The highest BCUT2D eigenvalue weighted by molar-refractivity contribution is 5.94. The third-order valence-corrected chi connectivity index (χ3v) is 4.20. The highest BCUT2D eigenvalue weighted by atomic mass is 19.4. The van der Waals surface area contributed by atoms with E-state index in [9.17, 15) is 27.9 Å². The number of pyridine rings is 1. The molecule has 5 nitrogen and oxygen atoms in total. The number of aromatic amines is 1. The number of β-amino-alcohol motifs (C(OH)–C–C–N with tert-alkyl or cyclic N) is 1. The van der Waals surface area contributed by atoms with Crippen LogP contribution < -0.4 is 5.56 Å². The molecule has 8 heteroatoms. The van der Waals surface area contributed by atoms with E-state index in [1.807, 2.05) is 0 Å². The Labute approximate surface area is 140 Å². The lowest BCUT2D eigenvalue weighted by Crippen LogP contribution is -2.33. The molecule has 1 aliphatic rings. The van der Waals surface area contributed by atoms with Gasteiger partial charge in [0.1, 0.15) is 0 Å². The predicted molar refractivity (Wildman–Crippen MR) is 82.9 cm³/mol. The molecular formula is C17H15F3N2O3. The normalized spacial score (nSPS) is 20.7. The van der Waals surface area contributed by atoms with Crippen molar-refractivity contribution in [3.8, 4) is 0 Å². The van der Waals surface area contributed by atoms with E-state index in [1.54, 1.807) is 0 Å². The van der Waals surface area contributed by atoms with Gasteiger partial charge in [-0.25, -0.2) is 0 Å². The number of nitrogens with one attached hydrogen (secondary N) is 1. The van der Waals surface area contributed by atoms with Gasteiger partial charge in [-0.2, -0.15) is 13.2 Å². The Balaban J connectivity index is 2.00. The van der Waals surface area contributed by atoms with Gasteiger partial charge in [0.15, 0.2) is 0 Å². The zero-order chi connectivity index (χ0) is 18.2. The van der Waals surface area contributed by atoms with Gasteiger partial charge in [0.25, 0.3) is 5.91 Å². The quantitative estimate of drug-likeness (QED) is 0.871. The number of rotatable bonds is 2. The van der Waals surface area contributed by atoms with Gasteiger partial charge in [0.05, 0.1) is 23.3 Å². The summed E-state index contributed by atoms with van der Waals surface area (Å²) in [5.74, 6) is -0.547. The first-order valence-electron chi connectivity index (χ1n) is 7.61. The molecule has 2 N–H and O–H groups in total. The van der Waals surface area contributed by atoms with Crippen molar-refractivity contribution in [2.75, 3.05) is 6.54 Å². The van der Waals surface area contributed by atoms with Crippen molar-refractivity contribution in [3.05, 3.63) is 69.6 Å². The van der Waals surface area contributed by atoms with E-state index in [-0.39, 0.29) is 24.1 Å². The Morgan fingerprint density at radius 1 is 1.20 bits per heavy atom. The number of aliphatic hydroxyl groups is 1. The van der Waals surface area contributed by atoms with E-state index in [4.69, 9.17) is 0 Å². The molecule has 1 aromatic carbocycles. The number of alkyl halides is 3. The third kappa shape index (κ3) is 3.43. The molecule has 1 aliphatic heterocycles. The smallest absolute Gasteiger partial charge is 0.391 e. The van der Waals surface area contributed by atoms with E-state index >= 15 is 0 Å². The van der Waals surface area contributed by atoms with Crippen molar-refractivity contribution in [3.63, 3.8) is 0 Å². The summed E-state index contributed by atoms with van der Waals surface area (Å²) in [6.45, 7) is -0.0746. The van der Waals surface area contributed by atoms with Crippen molar-refractivity contribution < 1.29 is 23.1 Å². The minimum Gasteiger partial charge on any atom is -0.391 e. The van der Waals surface area contributed by atoms with Crippen molar-refractivity contribution >= 4 is 5.91 Å². The summed E-state index contributed by atoms with van der Waals surface area (Å²) in [6.07, 6.45) is -4.25. The molecule has 0 spiro atoms. The highest BCUT2D eigenvalue weighted by Gasteiger charge is 2.41. The largest absolute Gasteiger partial charge is 0.416 e. The standard InChI is InChI=1S/C17H15F3N2O3/c18-17(19,20)13-4-2-1-3-12(13)14-7-11(23)9-22(14)16(25)10-5-6-15(24)21-8-10/h1-6,8,11,14,23H,7,9H2,(H,21,24)/t11-,14+/m1/s1. The number of amides is 1. The monoisotopic (exact) mass is 352 g/mol. The lowest BCUT2D eigenvalue weighted by atomic mass is 9.97. The first-order valence-corrected chi connectivity index (χ1v) is 7.61. The number of carbonyl (C=O) groups excluding carboxylic acids is 1. The molecule has 3 rings (SSSR count). The molecule has 1 amide bonds. The predicted octanol–water partition coefficient (Wildman–Crippen LogP) is 2.34. The minimum atomic E-state index is -4.56. The number of hydrogen-bond donors (Lipinski definition) is 2. The summed E-state index contributed by atoms with van der Waals surface area (Å²) >= 11 is 0. The Morgan fingerprint density at radius 2 is 1.92 bits per heavy atom. The number of halogens is 3.